The van der Waals surface area contributed by atoms with Crippen LogP contribution < -0.4 is 5.32 Å². The molecule has 180 valence electrons. The van der Waals surface area contributed by atoms with Gasteiger partial charge in [-0.15, -0.1) is 0 Å². The lowest BCUT2D eigenvalue weighted by Crippen LogP contribution is -2.31. The number of ketones is 1. The van der Waals surface area contributed by atoms with Crippen LogP contribution in [0.4, 0.5) is 8.78 Å². The molecule has 3 aromatic carbocycles. The highest BCUT2D eigenvalue weighted by Crippen LogP contribution is 2.36. The predicted molar refractivity (Wildman–Crippen MR) is 129 cm³/mol. The maximum Gasteiger partial charge on any atom is 0.333 e. The maximum absolute atomic E-state index is 14.3. The summed E-state index contributed by atoms with van der Waals surface area (Å²) in [7, 11) is 0. The van der Waals surface area contributed by atoms with Crippen LogP contribution in [0.25, 0.3) is 22.2 Å². The number of carbonyl (C=O) groups excluding carboxylic acids is 3. The van der Waals surface area contributed by atoms with Crippen molar-refractivity contribution in [2.75, 3.05) is 6.61 Å². The molecule has 0 aliphatic carbocycles. The third kappa shape index (κ3) is 4.38. The lowest BCUT2D eigenvalue weighted by Gasteiger charge is -2.13. The summed E-state index contributed by atoms with van der Waals surface area (Å²) in [6.45, 7) is 0.0978. The molecule has 0 saturated carbocycles. The predicted octanol–water partition coefficient (Wildman–Crippen LogP) is 5.03. The van der Waals surface area contributed by atoms with E-state index in [-0.39, 0.29) is 35.7 Å². The second-order valence-corrected chi connectivity index (χ2v) is 8.58. The molecule has 0 fully saturated rings. The fourth-order valence-electron chi connectivity index (χ4n) is 4.18. The van der Waals surface area contributed by atoms with E-state index in [0.29, 0.717) is 15.9 Å². The van der Waals surface area contributed by atoms with Crippen LogP contribution in [0, 0.1) is 11.6 Å². The van der Waals surface area contributed by atoms with Crippen molar-refractivity contribution in [2.24, 2.45) is 0 Å². The second-order valence-electron chi connectivity index (χ2n) is 8.14. The Morgan fingerprint density at radius 2 is 1.75 bits per heavy atom. The number of fused-ring (bicyclic) bond motifs is 1. The Morgan fingerprint density at radius 1 is 1.00 bits per heavy atom. The second kappa shape index (κ2) is 9.39. The largest absolute Gasteiger partial charge is 0.456 e. The number of nitrogens with one attached hydrogen (secondary N) is 1. The quantitative estimate of drug-likeness (QED) is 0.226. The molecule has 1 N–H and O–H groups in total. The summed E-state index contributed by atoms with van der Waals surface area (Å²) in [6.07, 6.45) is 1.09. The third-order valence-corrected chi connectivity index (χ3v) is 6.04. The number of benzene rings is 3. The number of hydrogen-bond acceptors (Lipinski definition) is 4. The summed E-state index contributed by atoms with van der Waals surface area (Å²) in [6, 6.07) is 17.3. The van der Waals surface area contributed by atoms with E-state index in [9.17, 15) is 23.2 Å². The highest BCUT2D eigenvalue weighted by Gasteiger charge is 2.29. The maximum atomic E-state index is 14.3. The van der Waals surface area contributed by atoms with Crippen LogP contribution in [0.1, 0.15) is 15.9 Å². The fraction of sp³-hybridized carbons (Fsp3) is 0.0741. The van der Waals surface area contributed by atoms with Crippen molar-refractivity contribution in [3.63, 3.8) is 0 Å². The Balaban J connectivity index is 1.70. The van der Waals surface area contributed by atoms with Gasteiger partial charge in [0.1, 0.15) is 6.61 Å². The molecular formula is C27H17ClF2N2O4. The highest BCUT2D eigenvalue weighted by molar-refractivity contribution is 6.46. The van der Waals surface area contributed by atoms with Gasteiger partial charge in [-0.25, -0.2) is 13.6 Å². The van der Waals surface area contributed by atoms with Gasteiger partial charge in [-0.05, 0) is 42.0 Å². The van der Waals surface area contributed by atoms with Crippen LogP contribution in [0.15, 0.2) is 78.5 Å². The highest BCUT2D eigenvalue weighted by atomic mass is 35.5. The third-order valence-electron chi connectivity index (χ3n) is 5.79. The smallest absolute Gasteiger partial charge is 0.333 e. The number of Topliss-reactive ketones (excluding diaryl/α,β-unsaturated/α-hetero) is 1. The van der Waals surface area contributed by atoms with Gasteiger partial charge in [0.25, 0.3) is 11.7 Å². The molecule has 4 aromatic rings. The first-order valence-corrected chi connectivity index (χ1v) is 11.2. The first kappa shape index (κ1) is 23.4. The van der Waals surface area contributed by atoms with Crippen molar-refractivity contribution in [1.82, 2.24) is 9.88 Å². The molecule has 1 amide bonds. The summed E-state index contributed by atoms with van der Waals surface area (Å²) in [5.74, 6) is -4.65. The van der Waals surface area contributed by atoms with Crippen LogP contribution in [0.5, 0.6) is 0 Å². The average molecular weight is 507 g/mol. The Labute approximate surface area is 208 Å². The van der Waals surface area contributed by atoms with Crippen molar-refractivity contribution in [1.29, 1.82) is 0 Å². The molecule has 1 aromatic heterocycles. The number of carbonyl (C=O) groups is 3. The van der Waals surface area contributed by atoms with Crippen molar-refractivity contribution < 1.29 is 27.9 Å². The van der Waals surface area contributed by atoms with E-state index in [1.807, 2.05) is 12.1 Å². The summed E-state index contributed by atoms with van der Waals surface area (Å²) < 4.78 is 34.6. The summed E-state index contributed by atoms with van der Waals surface area (Å²) >= 11 is 6.02. The van der Waals surface area contributed by atoms with Gasteiger partial charge in [0, 0.05) is 34.1 Å². The Bertz CT molecular complexity index is 1570. The molecule has 1 aliphatic heterocycles. The minimum Gasteiger partial charge on any atom is -0.456 e. The van der Waals surface area contributed by atoms with Crippen molar-refractivity contribution in [3.05, 3.63) is 106 Å². The van der Waals surface area contributed by atoms with Gasteiger partial charge in [-0.3, -0.25) is 9.59 Å². The van der Waals surface area contributed by atoms with Gasteiger partial charge >= 0.3 is 5.97 Å². The number of cyclic esters (lactones) is 1. The molecule has 0 saturated heterocycles. The first-order valence-electron chi connectivity index (χ1n) is 10.9. The minimum atomic E-state index is -1.09. The number of esters is 1. The number of para-hydroxylation sites is 1. The number of amides is 1. The topological polar surface area (TPSA) is 77.4 Å². The number of nitrogens with zero attached hydrogens (tertiary/aromatic N) is 1. The zero-order valence-electron chi connectivity index (χ0n) is 18.6. The molecule has 9 heteroatoms. The monoisotopic (exact) mass is 506 g/mol. The summed E-state index contributed by atoms with van der Waals surface area (Å²) in [5, 5.41) is 3.41. The summed E-state index contributed by atoms with van der Waals surface area (Å²) in [4.78, 5) is 37.8. The van der Waals surface area contributed by atoms with Crippen molar-refractivity contribution in [2.45, 2.75) is 6.54 Å². The molecule has 5 rings (SSSR count). The molecule has 0 bridgehead atoms. The Kier molecular flexibility index (Phi) is 6.12. The Morgan fingerprint density at radius 3 is 2.44 bits per heavy atom. The zero-order valence-corrected chi connectivity index (χ0v) is 19.3. The van der Waals surface area contributed by atoms with Gasteiger partial charge in [-0.2, -0.15) is 0 Å². The van der Waals surface area contributed by atoms with Crippen LogP contribution in [0.2, 0.25) is 5.02 Å². The van der Waals surface area contributed by atoms with Crippen LogP contribution >= 0.6 is 11.6 Å². The van der Waals surface area contributed by atoms with Crippen LogP contribution in [-0.2, 0) is 20.9 Å². The lowest BCUT2D eigenvalue weighted by atomic mass is 10.0. The molecule has 2 heterocycles. The average Bonchev–Trinajstić information content (AvgIpc) is 3.42. The van der Waals surface area contributed by atoms with Gasteiger partial charge in [0.2, 0.25) is 0 Å². The molecular weight excluding hydrogens is 490 g/mol. The van der Waals surface area contributed by atoms with Crippen molar-refractivity contribution in [3.8, 4) is 11.3 Å². The van der Waals surface area contributed by atoms with E-state index in [1.54, 1.807) is 41.0 Å². The molecule has 0 atom stereocenters. The lowest BCUT2D eigenvalue weighted by molar-refractivity contribution is -0.135. The number of hydrogen-bond donors (Lipinski definition) is 1. The van der Waals surface area contributed by atoms with Crippen LogP contribution in [0.3, 0.4) is 0 Å². The van der Waals surface area contributed by atoms with Gasteiger partial charge < -0.3 is 14.6 Å². The molecule has 6 nitrogen and oxygen atoms in total. The molecule has 0 unspecified atom stereocenters. The first-order chi connectivity index (χ1) is 17.3. The van der Waals surface area contributed by atoms with E-state index < -0.39 is 29.3 Å². The molecule has 0 spiro atoms. The van der Waals surface area contributed by atoms with Crippen LogP contribution in [-0.4, -0.2) is 28.8 Å². The minimum absolute atomic E-state index is 0.0221. The van der Waals surface area contributed by atoms with E-state index >= 15 is 0 Å². The van der Waals surface area contributed by atoms with E-state index in [4.69, 9.17) is 16.3 Å². The molecule has 0 radical (unpaired) electrons. The zero-order chi connectivity index (χ0) is 25.4. The SMILES string of the molecule is O=C1C=C(NC(=O)C(=O)c2c(-c3ccc(F)c(F)c3)n(Cc3ccc(Cl)cc3)c3ccccc23)CO1. The van der Waals surface area contributed by atoms with Gasteiger partial charge in [-0.1, -0.05) is 41.9 Å². The standard InChI is InChI=1S/C27H17ClF2N2O4/c28-17-8-5-15(6-9-17)13-32-22-4-2-1-3-19(22)24(25(32)16-7-10-20(29)21(30)11-16)26(34)27(35)31-18-12-23(33)36-14-18/h1-12H,13-14H2,(H,31,35). The fourth-order valence-corrected chi connectivity index (χ4v) is 4.30. The van der Waals surface area contributed by atoms with E-state index in [1.165, 1.54) is 6.07 Å². The van der Waals surface area contributed by atoms with E-state index in [2.05, 4.69) is 5.32 Å². The number of rotatable bonds is 6. The number of ether oxygens (including phenoxy) is 1. The molecule has 1 aliphatic rings. The number of halogens is 3. The van der Waals surface area contributed by atoms with Gasteiger partial charge in [0.05, 0.1) is 17.0 Å². The van der Waals surface area contributed by atoms with E-state index in [0.717, 1.165) is 23.8 Å². The summed E-state index contributed by atoms with van der Waals surface area (Å²) in [5.41, 5.74) is 2.08. The number of aromatic nitrogens is 1. The normalized spacial score (nSPS) is 13.0. The Hall–Kier alpha value is -4.30. The molecule has 36 heavy (non-hydrogen) atoms. The van der Waals surface area contributed by atoms with Crippen molar-refractivity contribution >= 4 is 40.2 Å². The van der Waals surface area contributed by atoms with Gasteiger partial charge in [0.15, 0.2) is 11.6 Å².